The zero-order valence-corrected chi connectivity index (χ0v) is 7.19. The van der Waals surface area contributed by atoms with Crippen LogP contribution in [-0.2, 0) is 0 Å². The molecule has 1 N–H and O–H groups in total. The summed E-state index contributed by atoms with van der Waals surface area (Å²) in [5.41, 5.74) is 6.61. The maximum Gasteiger partial charge on any atom is 0.342 e. The average Bonchev–Trinajstić information content (AvgIpc) is 2.17. The standard InChI is InChI=1S/C7H4N4O4/c8-10-9-5-3-1-2-4(7(12)13)6(5)11(14)15/h1-3H,(H,12,13). The van der Waals surface area contributed by atoms with Gasteiger partial charge in [-0.15, -0.1) is 0 Å². The van der Waals surface area contributed by atoms with Gasteiger partial charge in [0.25, 0.3) is 5.69 Å². The topological polar surface area (TPSA) is 129 Å². The molecule has 0 aliphatic rings. The average molecular weight is 208 g/mol. The Bertz CT molecular complexity index is 458. The molecule has 1 aromatic rings. The summed E-state index contributed by atoms with van der Waals surface area (Å²) in [5, 5.41) is 22.3. The van der Waals surface area contributed by atoms with Crippen LogP contribution >= 0.6 is 0 Å². The Labute approximate surface area is 82.5 Å². The first-order chi connectivity index (χ1) is 7.07. The number of hydrogen-bond acceptors (Lipinski definition) is 4. The number of nitrogens with zero attached hydrogens (tertiary/aromatic N) is 4. The largest absolute Gasteiger partial charge is 0.477 e. The van der Waals surface area contributed by atoms with Crippen LogP contribution in [0.15, 0.2) is 23.3 Å². The van der Waals surface area contributed by atoms with Crippen LogP contribution in [0.4, 0.5) is 11.4 Å². The molecule has 0 unspecified atom stereocenters. The van der Waals surface area contributed by atoms with Crippen LogP contribution in [0, 0.1) is 10.1 Å². The van der Waals surface area contributed by atoms with Crippen molar-refractivity contribution in [2.24, 2.45) is 5.11 Å². The normalized spacial score (nSPS) is 9.07. The lowest BCUT2D eigenvalue weighted by Crippen LogP contribution is -2.02. The van der Waals surface area contributed by atoms with Gasteiger partial charge in [0.15, 0.2) is 0 Å². The zero-order valence-electron chi connectivity index (χ0n) is 7.19. The van der Waals surface area contributed by atoms with E-state index in [1.54, 1.807) is 0 Å². The van der Waals surface area contributed by atoms with E-state index >= 15 is 0 Å². The van der Waals surface area contributed by atoms with Crippen molar-refractivity contribution in [3.8, 4) is 0 Å². The maximum atomic E-state index is 10.6. The fourth-order valence-corrected chi connectivity index (χ4v) is 1.02. The van der Waals surface area contributed by atoms with Gasteiger partial charge >= 0.3 is 5.97 Å². The van der Waals surface area contributed by atoms with E-state index in [0.717, 1.165) is 6.07 Å². The first-order valence-corrected chi connectivity index (χ1v) is 3.63. The Morgan fingerprint density at radius 1 is 1.60 bits per heavy atom. The van der Waals surface area contributed by atoms with E-state index in [1.807, 2.05) is 0 Å². The number of para-hydroxylation sites is 1. The molecular formula is C7H4N4O4. The Balaban J connectivity index is 3.55. The van der Waals surface area contributed by atoms with Gasteiger partial charge in [0, 0.05) is 4.91 Å². The molecule has 1 rings (SSSR count). The monoisotopic (exact) mass is 208 g/mol. The third-order valence-corrected chi connectivity index (χ3v) is 1.58. The molecule has 0 amide bonds. The SMILES string of the molecule is [N-]=[N+]=Nc1cccc(C(=O)O)c1[N+](=O)[O-]. The second-order valence-electron chi connectivity index (χ2n) is 2.43. The molecule has 0 spiro atoms. The van der Waals surface area contributed by atoms with E-state index < -0.39 is 22.1 Å². The molecule has 0 aromatic heterocycles. The van der Waals surface area contributed by atoms with Gasteiger partial charge in [0.05, 0.1) is 4.92 Å². The molecule has 0 atom stereocenters. The fourth-order valence-electron chi connectivity index (χ4n) is 1.02. The number of nitro benzene ring substituents is 1. The zero-order chi connectivity index (χ0) is 11.4. The second-order valence-corrected chi connectivity index (χ2v) is 2.43. The quantitative estimate of drug-likeness (QED) is 0.268. The van der Waals surface area contributed by atoms with Crippen molar-refractivity contribution >= 4 is 17.3 Å². The summed E-state index contributed by atoms with van der Waals surface area (Å²) in [6, 6.07) is 3.50. The van der Waals surface area contributed by atoms with Crippen molar-refractivity contribution in [2.45, 2.75) is 0 Å². The van der Waals surface area contributed by atoms with Gasteiger partial charge in [-0.3, -0.25) is 10.1 Å². The van der Waals surface area contributed by atoms with E-state index in [2.05, 4.69) is 10.0 Å². The predicted octanol–water partition coefficient (Wildman–Crippen LogP) is 2.23. The molecule has 76 valence electrons. The predicted molar refractivity (Wildman–Crippen MR) is 48.9 cm³/mol. The van der Waals surface area contributed by atoms with Gasteiger partial charge in [-0.1, -0.05) is 11.2 Å². The molecule has 8 heteroatoms. The summed E-state index contributed by atoms with van der Waals surface area (Å²) in [5.74, 6) is -1.45. The molecule has 0 saturated heterocycles. The van der Waals surface area contributed by atoms with Crippen molar-refractivity contribution in [3.05, 3.63) is 44.3 Å². The van der Waals surface area contributed by atoms with Crippen LogP contribution in [0.3, 0.4) is 0 Å². The molecule has 0 radical (unpaired) electrons. The Kier molecular flexibility index (Phi) is 2.85. The lowest BCUT2D eigenvalue weighted by atomic mass is 10.1. The van der Waals surface area contributed by atoms with Crippen molar-refractivity contribution < 1.29 is 14.8 Å². The lowest BCUT2D eigenvalue weighted by molar-refractivity contribution is -0.384. The highest BCUT2D eigenvalue weighted by Crippen LogP contribution is 2.30. The molecule has 0 aliphatic carbocycles. The molecule has 15 heavy (non-hydrogen) atoms. The highest BCUT2D eigenvalue weighted by atomic mass is 16.6. The minimum absolute atomic E-state index is 0.317. The first-order valence-electron chi connectivity index (χ1n) is 3.63. The highest BCUT2D eigenvalue weighted by molar-refractivity contribution is 5.94. The molecule has 8 nitrogen and oxygen atoms in total. The van der Waals surface area contributed by atoms with Gasteiger partial charge in [-0.2, -0.15) is 0 Å². The molecule has 0 saturated carbocycles. The van der Waals surface area contributed by atoms with Crippen molar-refractivity contribution in [1.82, 2.24) is 0 Å². The number of azide groups is 1. The Morgan fingerprint density at radius 3 is 2.73 bits per heavy atom. The van der Waals surface area contributed by atoms with Crippen molar-refractivity contribution in [3.63, 3.8) is 0 Å². The number of carbonyl (C=O) groups is 1. The molecule has 0 heterocycles. The molecule has 0 fully saturated rings. The molecular weight excluding hydrogens is 204 g/mol. The fraction of sp³-hybridized carbons (Fsp3) is 0. The summed E-state index contributed by atoms with van der Waals surface area (Å²) in [4.78, 5) is 22.7. The Hall–Kier alpha value is -2.60. The Morgan fingerprint density at radius 2 is 2.27 bits per heavy atom. The summed E-state index contributed by atoms with van der Waals surface area (Å²) in [6.45, 7) is 0. The number of benzene rings is 1. The molecule has 0 bridgehead atoms. The molecule has 1 aromatic carbocycles. The summed E-state index contributed by atoms with van der Waals surface area (Å²) in [6.07, 6.45) is 0. The number of rotatable bonds is 3. The van der Waals surface area contributed by atoms with Crippen molar-refractivity contribution in [2.75, 3.05) is 0 Å². The number of carboxylic acids is 1. The third kappa shape index (κ3) is 2.01. The number of aromatic carboxylic acids is 1. The summed E-state index contributed by atoms with van der Waals surface area (Å²) >= 11 is 0. The van der Waals surface area contributed by atoms with Gasteiger partial charge in [-0.05, 0) is 17.7 Å². The number of hydrogen-bond donors (Lipinski definition) is 1. The molecule has 0 aliphatic heterocycles. The lowest BCUT2D eigenvalue weighted by Gasteiger charge is -1.99. The van der Waals surface area contributed by atoms with Crippen LogP contribution in [-0.4, -0.2) is 16.0 Å². The number of carboxylic acid groups (broad SMARTS) is 1. The first kappa shape index (κ1) is 10.5. The highest BCUT2D eigenvalue weighted by Gasteiger charge is 2.22. The van der Waals surface area contributed by atoms with Crippen LogP contribution < -0.4 is 0 Å². The van der Waals surface area contributed by atoms with Gasteiger partial charge in [0.2, 0.25) is 0 Å². The summed E-state index contributed by atoms with van der Waals surface area (Å²) in [7, 11) is 0. The smallest absolute Gasteiger partial charge is 0.342 e. The van der Waals surface area contributed by atoms with Crippen LogP contribution in [0.25, 0.3) is 10.4 Å². The summed E-state index contributed by atoms with van der Waals surface area (Å²) < 4.78 is 0. The number of nitro groups is 1. The third-order valence-electron chi connectivity index (χ3n) is 1.58. The minimum Gasteiger partial charge on any atom is -0.477 e. The van der Waals surface area contributed by atoms with E-state index in [4.69, 9.17) is 10.6 Å². The van der Waals surface area contributed by atoms with Gasteiger partial charge in [-0.25, -0.2) is 4.79 Å². The second kappa shape index (κ2) is 4.07. The van der Waals surface area contributed by atoms with Crippen LogP contribution in [0.1, 0.15) is 10.4 Å². The van der Waals surface area contributed by atoms with Gasteiger partial charge in [0.1, 0.15) is 11.3 Å². The maximum absolute atomic E-state index is 10.6. The van der Waals surface area contributed by atoms with E-state index in [-0.39, 0.29) is 5.69 Å². The van der Waals surface area contributed by atoms with Gasteiger partial charge < -0.3 is 5.11 Å². The van der Waals surface area contributed by atoms with Crippen molar-refractivity contribution in [1.29, 1.82) is 0 Å². The van der Waals surface area contributed by atoms with E-state index in [0.29, 0.717) is 0 Å². The van der Waals surface area contributed by atoms with E-state index in [1.165, 1.54) is 12.1 Å². The van der Waals surface area contributed by atoms with Crippen LogP contribution in [0.2, 0.25) is 0 Å². The van der Waals surface area contributed by atoms with E-state index in [9.17, 15) is 14.9 Å². The van der Waals surface area contributed by atoms with Crippen LogP contribution in [0.5, 0.6) is 0 Å². The minimum atomic E-state index is -1.45.